The monoisotopic (exact) mass is 414 g/mol. The Balaban J connectivity index is 1.46. The van der Waals surface area contributed by atoms with E-state index in [1.54, 1.807) is 6.07 Å². The maximum atomic E-state index is 12.9. The number of nitrogens with one attached hydrogen (secondary N) is 1. The van der Waals surface area contributed by atoms with Crippen molar-refractivity contribution in [3.63, 3.8) is 0 Å². The largest absolute Gasteiger partial charge is 0.378 e. The average Bonchev–Trinajstić information content (AvgIpc) is 2.99. The number of benzene rings is 1. The van der Waals surface area contributed by atoms with Crippen LogP contribution in [0.2, 0.25) is 0 Å². The average molecular weight is 414 g/mol. The number of morpholine rings is 1. The van der Waals surface area contributed by atoms with E-state index in [1.165, 1.54) is 18.6 Å². The van der Waals surface area contributed by atoms with Crippen molar-refractivity contribution in [1.82, 2.24) is 20.1 Å². The van der Waals surface area contributed by atoms with Crippen molar-refractivity contribution in [2.75, 3.05) is 37.7 Å². The molecule has 0 radical (unpaired) electrons. The van der Waals surface area contributed by atoms with E-state index in [1.807, 2.05) is 4.90 Å². The fraction of sp³-hybridized carbons (Fsp3) is 0.550. The summed E-state index contributed by atoms with van der Waals surface area (Å²) in [6.07, 6.45) is 4.94. The first-order chi connectivity index (χ1) is 14.6. The van der Waals surface area contributed by atoms with Crippen LogP contribution < -0.4 is 10.2 Å². The topological polar surface area (TPSA) is 115 Å². The summed E-state index contributed by atoms with van der Waals surface area (Å²) in [5, 5.41) is 22.7. The number of carbonyl (C=O) groups is 1. The number of amides is 1. The van der Waals surface area contributed by atoms with Crippen molar-refractivity contribution in [2.45, 2.75) is 38.6 Å². The first-order valence-corrected chi connectivity index (χ1v) is 10.4. The highest BCUT2D eigenvalue weighted by Gasteiger charge is 2.22. The Morgan fingerprint density at radius 1 is 1.17 bits per heavy atom. The Hall–Kier alpha value is -3.01. The van der Waals surface area contributed by atoms with Crippen LogP contribution in [0.3, 0.4) is 0 Å². The molecule has 30 heavy (non-hydrogen) atoms. The molecular weight excluding hydrogens is 388 g/mol. The summed E-state index contributed by atoms with van der Waals surface area (Å²) < 4.78 is 7.54. The van der Waals surface area contributed by atoms with Crippen LogP contribution in [-0.2, 0) is 24.1 Å². The summed E-state index contributed by atoms with van der Waals surface area (Å²) in [4.78, 5) is 25.7. The molecule has 1 N–H and O–H groups in total. The number of anilines is 1. The van der Waals surface area contributed by atoms with Gasteiger partial charge < -0.3 is 19.5 Å². The van der Waals surface area contributed by atoms with E-state index in [-0.39, 0.29) is 11.6 Å². The van der Waals surface area contributed by atoms with Gasteiger partial charge in [0.1, 0.15) is 11.6 Å². The Labute approximate surface area is 174 Å². The Morgan fingerprint density at radius 3 is 2.80 bits per heavy atom. The van der Waals surface area contributed by atoms with Gasteiger partial charge in [0, 0.05) is 51.2 Å². The van der Waals surface area contributed by atoms with Gasteiger partial charge in [-0.3, -0.25) is 14.9 Å². The molecule has 2 aliphatic heterocycles. The number of rotatable bonds is 6. The van der Waals surface area contributed by atoms with Gasteiger partial charge in [-0.2, -0.15) is 0 Å². The summed E-state index contributed by atoms with van der Waals surface area (Å²) in [6, 6.07) is 4.44. The number of aryl methyl sites for hydroxylation is 1. The predicted molar refractivity (Wildman–Crippen MR) is 110 cm³/mol. The zero-order valence-corrected chi connectivity index (χ0v) is 16.9. The van der Waals surface area contributed by atoms with Crippen LogP contribution in [0.4, 0.5) is 11.4 Å². The highest BCUT2D eigenvalue weighted by molar-refractivity contribution is 6.00. The van der Waals surface area contributed by atoms with E-state index in [9.17, 15) is 14.9 Å². The molecule has 10 heteroatoms. The summed E-state index contributed by atoms with van der Waals surface area (Å²) >= 11 is 0. The van der Waals surface area contributed by atoms with Crippen molar-refractivity contribution in [3.8, 4) is 0 Å². The molecule has 0 unspecified atom stereocenters. The van der Waals surface area contributed by atoms with Crippen LogP contribution in [-0.4, -0.2) is 58.4 Å². The summed E-state index contributed by atoms with van der Waals surface area (Å²) in [6.45, 7) is 3.72. The third kappa shape index (κ3) is 4.43. The molecule has 1 aromatic heterocycles. The van der Waals surface area contributed by atoms with E-state index in [0.29, 0.717) is 50.5 Å². The predicted octanol–water partition coefficient (Wildman–Crippen LogP) is 1.72. The summed E-state index contributed by atoms with van der Waals surface area (Å²) in [5.41, 5.74) is 0.906. The first-order valence-electron chi connectivity index (χ1n) is 10.4. The van der Waals surface area contributed by atoms with Crippen molar-refractivity contribution in [3.05, 3.63) is 45.5 Å². The minimum absolute atomic E-state index is 0.0973. The van der Waals surface area contributed by atoms with Crippen LogP contribution >= 0.6 is 0 Å². The van der Waals surface area contributed by atoms with Gasteiger partial charge in [0.2, 0.25) is 0 Å². The first kappa shape index (κ1) is 20.3. The quantitative estimate of drug-likeness (QED) is 0.565. The summed E-state index contributed by atoms with van der Waals surface area (Å²) in [7, 11) is 0. The number of nitro benzene ring substituents is 1. The van der Waals surface area contributed by atoms with E-state index in [0.717, 1.165) is 37.5 Å². The molecule has 1 saturated heterocycles. The Kier molecular flexibility index (Phi) is 6.22. The SMILES string of the molecule is O=C(NCCc1nnc2n1CCCCC2)c1cc([N+](=O)[O-])ccc1N1CCOCC1. The molecule has 0 atom stereocenters. The minimum Gasteiger partial charge on any atom is -0.378 e. The van der Waals surface area contributed by atoms with Crippen LogP contribution in [0.25, 0.3) is 0 Å². The molecular formula is C20H26N6O4. The van der Waals surface area contributed by atoms with Crippen molar-refractivity contribution < 1.29 is 14.5 Å². The maximum Gasteiger partial charge on any atom is 0.270 e. The van der Waals surface area contributed by atoms with Gasteiger partial charge in [0.25, 0.3) is 11.6 Å². The number of fused-ring (bicyclic) bond motifs is 1. The molecule has 10 nitrogen and oxygen atoms in total. The number of nitrogens with zero attached hydrogens (tertiary/aromatic N) is 5. The third-order valence-corrected chi connectivity index (χ3v) is 5.61. The molecule has 0 bridgehead atoms. The molecule has 0 saturated carbocycles. The minimum atomic E-state index is -0.481. The zero-order chi connectivity index (χ0) is 20.9. The van der Waals surface area contributed by atoms with Crippen molar-refractivity contribution in [2.24, 2.45) is 0 Å². The van der Waals surface area contributed by atoms with Gasteiger partial charge in [0.15, 0.2) is 0 Å². The van der Waals surface area contributed by atoms with E-state index in [2.05, 4.69) is 20.1 Å². The van der Waals surface area contributed by atoms with E-state index < -0.39 is 4.92 Å². The number of hydrogen-bond acceptors (Lipinski definition) is 7. The van der Waals surface area contributed by atoms with Gasteiger partial charge >= 0.3 is 0 Å². The lowest BCUT2D eigenvalue weighted by Crippen LogP contribution is -2.38. The van der Waals surface area contributed by atoms with Gasteiger partial charge in [-0.1, -0.05) is 6.42 Å². The number of aromatic nitrogens is 3. The molecule has 4 rings (SSSR count). The highest BCUT2D eigenvalue weighted by Crippen LogP contribution is 2.26. The van der Waals surface area contributed by atoms with E-state index >= 15 is 0 Å². The number of nitro groups is 1. The van der Waals surface area contributed by atoms with Gasteiger partial charge in [0.05, 0.1) is 29.4 Å². The Morgan fingerprint density at radius 2 is 2.00 bits per heavy atom. The second kappa shape index (κ2) is 9.21. The molecule has 1 fully saturated rings. The summed E-state index contributed by atoms with van der Waals surface area (Å²) in [5.74, 6) is 1.57. The van der Waals surface area contributed by atoms with Crippen molar-refractivity contribution >= 4 is 17.3 Å². The van der Waals surface area contributed by atoms with Gasteiger partial charge in [-0.15, -0.1) is 10.2 Å². The van der Waals surface area contributed by atoms with Crippen LogP contribution in [0.15, 0.2) is 18.2 Å². The van der Waals surface area contributed by atoms with Crippen molar-refractivity contribution in [1.29, 1.82) is 0 Å². The number of carbonyl (C=O) groups excluding carboxylic acids is 1. The fourth-order valence-corrected chi connectivity index (χ4v) is 4.01. The zero-order valence-electron chi connectivity index (χ0n) is 16.9. The van der Waals surface area contributed by atoms with Crippen LogP contribution in [0.5, 0.6) is 0 Å². The number of hydrogen-bond donors (Lipinski definition) is 1. The molecule has 0 aliphatic carbocycles. The van der Waals surface area contributed by atoms with Crippen LogP contribution in [0.1, 0.15) is 41.3 Å². The second-order valence-electron chi connectivity index (χ2n) is 7.56. The molecule has 1 amide bonds. The lowest BCUT2D eigenvalue weighted by atomic mass is 10.1. The number of ether oxygens (including phenoxy) is 1. The standard InChI is InChI=1S/C20H26N6O4/c27-20(21-8-7-19-23-22-18-4-2-1-3-9-25(18)19)16-14-15(26(28)29)5-6-17(16)24-10-12-30-13-11-24/h5-6,14H,1-4,7-13H2,(H,21,27). The lowest BCUT2D eigenvalue weighted by molar-refractivity contribution is -0.384. The Bertz CT molecular complexity index is 922. The molecule has 2 aliphatic rings. The molecule has 160 valence electrons. The molecule has 3 heterocycles. The molecule has 1 aromatic carbocycles. The fourth-order valence-electron chi connectivity index (χ4n) is 4.01. The highest BCUT2D eigenvalue weighted by atomic mass is 16.6. The van der Waals surface area contributed by atoms with Gasteiger partial charge in [-0.05, 0) is 18.9 Å². The maximum absolute atomic E-state index is 12.9. The van der Waals surface area contributed by atoms with Gasteiger partial charge in [-0.25, -0.2) is 0 Å². The normalized spacial score (nSPS) is 16.6. The smallest absolute Gasteiger partial charge is 0.270 e. The molecule has 2 aromatic rings. The molecule has 0 spiro atoms. The third-order valence-electron chi connectivity index (χ3n) is 5.61. The lowest BCUT2D eigenvalue weighted by Gasteiger charge is -2.30. The van der Waals surface area contributed by atoms with E-state index in [4.69, 9.17) is 4.74 Å². The second-order valence-corrected chi connectivity index (χ2v) is 7.56. The number of non-ortho nitro benzene ring substituents is 1. The van der Waals surface area contributed by atoms with Crippen LogP contribution in [0, 0.1) is 10.1 Å².